The molecule has 3 aromatic rings. The summed E-state index contributed by atoms with van der Waals surface area (Å²) >= 11 is 0. The molecular weight excluding hydrogens is 361 g/mol. The van der Waals surface area contributed by atoms with Crippen molar-refractivity contribution < 1.29 is 14.3 Å². The second kappa shape index (κ2) is 8.22. The number of nitrogens with zero attached hydrogens (tertiary/aromatic N) is 3. The number of hydrogen-bond donors (Lipinski definition) is 1. The van der Waals surface area contributed by atoms with E-state index in [9.17, 15) is 19.1 Å². The van der Waals surface area contributed by atoms with E-state index < -0.39 is 17.2 Å². The van der Waals surface area contributed by atoms with Crippen LogP contribution in [0.5, 0.6) is 0 Å². The topological polar surface area (TPSA) is 85.1 Å². The van der Waals surface area contributed by atoms with Gasteiger partial charge in [-0.1, -0.05) is 19.1 Å². The fourth-order valence-electron chi connectivity index (χ4n) is 2.71. The number of aliphatic hydroxyl groups excluding tert-OH is 1. The second-order valence-corrected chi connectivity index (χ2v) is 6.78. The molecule has 0 saturated carbocycles. The lowest BCUT2D eigenvalue weighted by Gasteiger charge is -2.12. The van der Waals surface area contributed by atoms with Gasteiger partial charge >= 0.3 is 0 Å². The van der Waals surface area contributed by atoms with Gasteiger partial charge in [0.2, 0.25) is 0 Å². The Kier molecular flexibility index (Phi) is 5.75. The number of carbonyl (C=O) groups excluding carboxylic acids is 1. The van der Waals surface area contributed by atoms with Crippen LogP contribution in [0.4, 0.5) is 4.39 Å². The molecule has 0 saturated heterocycles. The quantitative estimate of drug-likeness (QED) is 0.664. The molecule has 0 aliphatic heterocycles. The summed E-state index contributed by atoms with van der Waals surface area (Å²) in [6.07, 6.45) is 1.67. The van der Waals surface area contributed by atoms with Crippen LogP contribution >= 0.6 is 0 Å². The monoisotopic (exact) mass is 381 g/mol. The van der Waals surface area contributed by atoms with E-state index in [2.05, 4.69) is 10.1 Å². The highest BCUT2D eigenvalue weighted by molar-refractivity contribution is 5.96. The van der Waals surface area contributed by atoms with E-state index in [4.69, 9.17) is 0 Å². The van der Waals surface area contributed by atoms with Crippen LogP contribution in [-0.2, 0) is 0 Å². The predicted octanol–water partition coefficient (Wildman–Crippen LogP) is 2.94. The Morgan fingerprint density at radius 3 is 2.64 bits per heavy atom. The largest absolute Gasteiger partial charge is 0.396 e. The van der Waals surface area contributed by atoms with E-state index in [1.165, 1.54) is 30.3 Å². The fourth-order valence-corrected chi connectivity index (χ4v) is 2.71. The molecule has 1 N–H and O–H groups in total. The van der Waals surface area contributed by atoms with Crippen LogP contribution in [0.25, 0.3) is 17.1 Å². The molecule has 2 heterocycles. The van der Waals surface area contributed by atoms with Crippen molar-refractivity contribution >= 4 is 5.78 Å². The zero-order valence-corrected chi connectivity index (χ0v) is 15.6. The number of rotatable bonds is 6. The van der Waals surface area contributed by atoms with Crippen molar-refractivity contribution in [1.29, 1.82) is 0 Å². The van der Waals surface area contributed by atoms with Crippen LogP contribution < -0.4 is 5.56 Å². The van der Waals surface area contributed by atoms with Crippen molar-refractivity contribution in [3.63, 3.8) is 0 Å². The standard InChI is InChI=1S/C21H20FN3O3/c1-13-6-7-18(23-11-13)19-10-17(20(27)8-14(2)12-26)21(28)25(24-19)16-5-3-4-15(22)9-16/h3-7,9-11,14,26H,8,12H2,1-2H3/t14-/m1/s1. The van der Waals surface area contributed by atoms with Gasteiger partial charge in [-0.25, -0.2) is 4.39 Å². The molecule has 0 unspecified atom stereocenters. The first kappa shape index (κ1) is 19.6. The molecule has 1 aromatic carbocycles. The van der Waals surface area contributed by atoms with Gasteiger partial charge in [0.05, 0.1) is 16.9 Å². The summed E-state index contributed by atoms with van der Waals surface area (Å²) in [5, 5.41) is 13.5. The molecule has 0 spiro atoms. The van der Waals surface area contributed by atoms with E-state index in [-0.39, 0.29) is 30.2 Å². The third-order valence-electron chi connectivity index (χ3n) is 4.28. The zero-order valence-electron chi connectivity index (χ0n) is 15.6. The summed E-state index contributed by atoms with van der Waals surface area (Å²) in [7, 11) is 0. The molecular formula is C21H20FN3O3. The molecule has 0 bridgehead atoms. The number of carbonyl (C=O) groups is 1. The summed E-state index contributed by atoms with van der Waals surface area (Å²) in [6.45, 7) is 3.44. The molecule has 0 fully saturated rings. The van der Waals surface area contributed by atoms with Gasteiger partial charge in [0.15, 0.2) is 5.78 Å². The minimum absolute atomic E-state index is 0.0136. The van der Waals surface area contributed by atoms with Crippen LogP contribution in [-0.4, -0.2) is 32.3 Å². The summed E-state index contributed by atoms with van der Waals surface area (Å²) < 4.78 is 14.7. The van der Waals surface area contributed by atoms with Crippen molar-refractivity contribution in [3.05, 3.63) is 76.0 Å². The van der Waals surface area contributed by atoms with Gasteiger partial charge in [0.25, 0.3) is 5.56 Å². The second-order valence-electron chi connectivity index (χ2n) is 6.78. The third kappa shape index (κ3) is 4.20. The zero-order chi connectivity index (χ0) is 20.3. The summed E-state index contributed by atoms with van der Waals surface area (Å²) in [5.41, 5.74) is 1.26. The Hall–Kier alpha value is -3.19. The molecule has 1 atom stereocenters. The number of hydrogen-bond acceptors (Lipinski definition) is 5. The maximum Gasteiger partial charge on any atom is 0.282 e. The highest BCUT2D eigenvalue weighted by atomic mass is 19.1. The average Bonchev–Trinajstić information content (AvgIpc) is 2.68. The lowest BCUT2D eigenvalue weighted by molar-refractivity contribution is 0.0941. The van der Waals surface area contributed by atoms with E-state index in [1.54, 1.807) is 19.2 Å². The number of halogens is 1. The minimum atomic E-state index is -0.642. The van der Waals surface area contributed by atoms with Crippen LogP contribution in [0.3, 0.4) is 0 Å². The van der Waals surface area contributed by atoms with Crippen molar-refractivity contribution in [3.8, 4) is 17.1 Å². The van der Waals surface area contributed by atoms with Gasteiger partial charge in [0.1, 0.15) is 11.5 Å². The van der Waals surface area contributed by atoms with E-state index in [0.29, 0.717) is 11.4 Å². The lowest BCUT2D eigenvalue weighted by Crippen LogP contribution is -2.28. The Balaban J connectivity index is 2.19. The number of aryl methyl sites for hydroxylation is 1. The number of Topliss-reactive ketones (excluding diaryl/α,β-unsaturated/α-hetero) is 1. The fraction of sp³-hybridized carbons (Fsp3) is 0.238. The molecule has 0 amide bonds. The molecule has 28 heavy (non-hydrogen) atoms. The summed E-state index contributed by atoms with van der Waals surface area (Å²) in [4.78, 5) is 29.9. The van der Waals surface area contributed by atoms with Crippen LogP contribution in [0.2, 0.25) is 0 Å². The Morgan fingerprint density at radius 2 is 2.00 bits per heavy atom. The first-order valence-corrected chi connectivity index (χ1v) is 8.86. The Bertz CT molecular complexity index is 1060. The van der Waals surface area contributed by atoms with Crippen molar-refractivity contribution in [2.45, 2.75) is 20.3 Å². The van der Waals surface area contributed by atoms with Gasteiger partial charge in [-0.3, -0.25) is 14.6 Å². The van der Waals surface area contributed by atoms with Gasteiger partial charge in [-0.15, -0.1) is 0 Å². The molecule has 6 nitrogen and oxygen atoms in total. The van der Waals surface area contributed by atoms with Gasteiger partial charge in [0, 0.05) is 19.2 Å². The predicted molar refractivity (Wildman–Crippen MR) is 103 cm³/mol. The molecule has 3 rings (SSSR count). The van der Waals surface area contributed by atoms with Gasteiger partial charge in [-0.2, -0.15) is 9.78 Å². The van der Waals surface area contributed by atoms with E-state index in [1.807, 2.05) is 13.0 Å². The number of aromatic nitrogens is 3. The molecule has 0 aliphatic rings. The number of benzene rings is 1. The molecule has 0 aliphatic carbocycles. The van der Waals surface area contributed by atoms with Gasteiger partial charge < -0.3 is 5.11 Å². The normalized spacial score (nSPS) is 12.0. The maximum atomic E-state index is 13.7. The first-order valence-electron chi connectivity index (χ1n) is 8.86. The number of aliphatic hydroxyl groups is 1. The maximum absolute atomic E-state index is 13.7. The smallest absolute Gasteiger partial charge is 0.282 e. The summed E-state index contributed by atoms with van der Waals surface area (Å²) in [5.74, 6) is -1.22. The van der Waals surface area contributed by atoms with Crippen LogP contribution in [0.15, 0.2) is 53.5 Å². The van der Waals surface area contributed by atoms with E-state index >= 15 is 0 Å². The van der Waals surface area contributed by atoms with Crippen molar-refractivity contribution in [2.75, 3.05) is 6.61 Å². The van der Waals surface area contributed by atoms with E-state index in [0.717, 1.165) is 10.2 Å². The first-order chi connectivity index (χ1) is 13.4. The highest BCUT2D eigenvalue weighted by Gasteiger charge is 2.19. The average molecular weight is 381 g/mol. The SMILES string of the molecule is Cc1ccc(-c2cc(C(=O)C[C@@H](C)CO)c(=O)n(-c3cccc(F)c3)n2)nc1. The van der Waals surface area contributed by atoms with Crippen molar-refractivity contribution in [1.82, 2.24) is 14.8 Å². The lowest BCUT2D eigenvalue weighted by atomic mass is 10.0. The minimum Gasteiger partial charge on any atom is -0.396 e. The Labute approximate surface area is 161 Å². The number of pyridine rings is 1. The molecule has 2 aromatic heterocycles. The number of ketones is 1. The van der Waals surface area contributed by atoms with Gasteiger partial charge in [-0.05, 0) is 48.7 Å². The highest BCUT2D eigenvalue weighted by Crippen LogP contribution is 2.18. The van der Waals surface area contributed by atoms with Crippen molar-refractivity contribution in [2.24, 2.45) is 5.92 Å². The molecule has 7 heteroatoms. The summed E-state index contributed by atoms with van der Waals surface area (Å²) in [6, 6.07) is 10.4. The Morgan fingerprint density at radius 1 is 1.21 bits per heavy atom. The van der Waals surface area contributed by atoms with Crippen LogP contribution in [0.1, 0.15) is 29.3 Å². The van der Waals surface area contributed by atoms with Crippen LogP contribution in [0, 0.1) is 18.7 Å². The molecule has 0 radical (unpaired) electrons. The molecule has 144 valence electrons. The third-order valence-corrected chi connectivity index (χ3v) is 4.28.